The second kappa shape index (κ2) is 2.34. The van der Waals surface area contributed by atoms with E-state index >= 15 is 0 Å². The molecule has 0 saturated carbocycles. The predicted molar refractivity (Wildman–Crippen MR) is 41.9 cm³/mol. The molecule has 0 bridgehead atoms. The number of carboxylic acids is 1. The number of fused-ring (bicyclic) bond motifs is 1. The van der Waals surface area contributed by atoms with Gasteiger partial charge < -0.3 is 10.1 Å². The van der Waals surface area contributed by atoms with Crippen LogP contribution in [0.3, 0.4) is 0 Å². The van der Waals surface area contributed by atoms with Crippen molar-refractivity contribution in [3.05, 3.63) is 30.1 Å². The Hall–Kier alpha value is -1.84. The van der Waals surface area contributed by atoms with Crippen molar-refractivity contribution in [1.29, 1.82) is 0 Å². The summed E-state index contributed by atoms with van der Waals surface area (Å²) in [4.78, 5) is 17.1. The summed E-state index contributed by atoms with van der Waals surface area (Å²) in [7, 11) is 0. The first kappa shape index (κ1) is 6.84. The van der Waals surface area contributed by atoms with E-state index in [1.165, 1.54) is 12.1 Å². The average Bonchev–Trinajstić information content (AvgIpc) is 2.49. The minimum Gasteiger partial charge on any atom is -0.478 e. The maximum Gasteiger partial charge on any atom is 0.335 e. The van der Waals surface area contributed by atoms with Crippen LogP contribution in [0.1, 0.15) is 10.4 Å². The first-order valence-corrected chi connectivity index (χ1v) is 3.36. The standard InChI is InChI=1S/C8H5N2O2/c11-8(12)5-1-2-6-7(3-5)10-4-9-6/h1-3H,(H,9,10)(H,11,12). The van der Waals surface area contributed by atoms with Crippen LogP contribution in [0.25, 0.3) is 11.0 Å². The lowest BCUT2D eigenvalue weighted by Crippen LogP contribution is -1.94. The second-order valence-electron chi connectivity index (χ2n) is 2.39. The van der Waals surface area contributed by atoms with Crippen LogP contribution in [-0.4, -0.2) is 21.0 Å². The molecule has 0 saturated heterocycles. The van der Waals surface area contributed by atoms with Crippen LogP contribution in [0.4, 0.5) is 0 Å². The molecule has 12 heavy (non-hydrogen) atoms. The highest BCUT2D eigenvalue weighted by atomic mass is 16.4. The number of aromatic amines is 1. The Bertz CT molecular complexity index is 433. The Morgan fingerprint density at radius 1 is 1.58 bits per heavy atom. The van der Waals surface area contributed by atoms with Gasteiger partial charge in [0.2, 0.25) is 0 Å². The maximum absolute atomic E-state index is 10.5. The normalized spacial score (nSPS) is 10.3. The molecule has 2 aromatic rings. The number of rotatable bonds is 1. The molecule has 1 aromatic carbocycles. The number of nitrogens with one attached hydrogen (secondary N) is 1. The van der Waals surface area contributed by atoms with E-state index in [0.717, 1.165) is 5.52 Å². The Morgan fingerprint density at radius 3 is 3.17 bits per heavy atom. The summed E-state index contributed by atoms with van der Waals surface area (Å²) in [6, 6.07) is 4.70. The molecule has 0 aliphatic rings. The molecular weight excluding hydrogens is 156 g/mol. The van der Waals surface area contributed by atoms with Gasteiger partial charge >= 0.3 is 5.97 Å². The summed E-state index contributed by atoms with van der Waals surface area (Å²) in [6.45, 7) is 0. The summed E-state index contributed by atoms with van der Waals surface area (Å²) >= 11 is 0. The molecule has 4 heteroatoms. The zero-order chi connectivity index (χ0) is 8.55. The van der Waals surface area contributed by atoms with Gasteiger partial charge in [0, 0.05) is 0 Å². The highest BCUT2D eigenvalue weighted by molar-refractivity contribution is 5.92. The molecule has 1 radical (unpaired) electrons. The van der Waals surface area contributed by atoms with Crippen LogP contribution in [0.5, 0.6) is 0 Å². The van der Waals surface area contributed by atoms with Gasteiger partial charge in [-0.15, -0.1) is 0 Å². The number of hydrogen-bond donors (Lipinski definition) is 2. The number of carbonyl (C=O) groups is 1. The van der Waals surface area contributed by atoms with Crippen LogP contribution in [0, 0.1) is 6.33 Å². The zero-order valence-corrected chi connectivity index (χ0v) is 6.03. The third-order valence-corrected chi connectivity index (χ3v) is 1.61. The molecule has 1 heterocycles. The molecule has 0 amide bonds. The maximum atomic E-state index is 10.5. The number of hydrogen-bond acceptors (Lipinski definition) is 2. The minimum atomic E-state index is -0.945. The van der Waals surface area contributed by atoms with Crippen molar-refractivity contribution in [1.82, 2.24) is 9.97 Å². The molecule has 0 unspecified atom stereocenters. The molecule has 4 nitrogen and oxygen atoms in total. The quantitative estimate of drug-likeness (QED) is 0.657. The third-order valence-electron chi connectivity index (χ3n) is 1.61. The van der Waals surface area contributed by atoms with Gasteiger partial charge in [-0.2, -0.15) is 0 Å². The molecular formula is C8H5N2O2. The van der Waals surface area contributed by atoms with Crippen LogP contribution >= 0.6 is 0 Å². The number of aromatic nitrogens is 2. The number of H-pyrrole nitrogens is 1. The van der Waals surface area contributed by atoms with E-state index < -0.39 is 5.97 Å². The first-order chi connectivity index (χ1) is 5.77. The molecule has 59 valence electrons. The molecule has 2 rings (SSSR count). The molecule has 0 aliphatic carbocycles. The fourth-order valence-electron chi connectivity index (χ4n) is 1.01. The highest BCUT2D eigenvalue weighted by Gasteiger charge is 2.03. The Labute approximate surface area is 67.9 Å². The van der Waals surface area contributed by atoms with Crippen molar-refractivity contribution >= 4 is 17.0 Å². The number of carboxylic acid groups (broad SMARTS) is 1. The van der Waals surface area contributed by atoms with Crippen molar-refractivity contribution in [2.75, 3.05) is 0 Å². The van der Waals surface area contributed by atoms with Gasteiger partial charge in [-0.05, 0) is 18.2 Å². The Balaban J connectivity index is 2.68. The second-order valence-corrected chi connectivity index (χ2v) is 2.39. The molecule has 0 fully saturated rings. The zero-order valence-electron chi connectivity index (χ0n) is 6.03. The first-order valence-electron chi connectivity index (χ1n) is 3.36. The number of aromatic carboxylic acids is 1. The van der Waals surface area contributed by atoms with Gasteiger partial charge in [-0.3, -0.25) is 0 Å². The summed E-state index contributed by atoms with van der Waals surface area (Å²) in [5.74, 6) is -0.945. The van der Waals surface area contributed by atoms with E-state index in [1.807, 2.05) is 0 Å². The third kappa shape index (κ3) is 0.934. The average molecular weight is 161 g/mol. The summed E-state index contributed by atoms with van der Waals surface area (Å²) in [6.07, 6.45) is 2.54. The fourth-order valence-corrected chi connectivity index (χ4v) is 1.01. The van der Waals surface area contributed by atoms with E-state index in [9.17, 15) is 4.79 Å². The molecule has 2 N–H and O–H groups in total. The van der Waals surface area contributed by atoms with Gasteiger partial charge in [0.25, 0.3) is 0 Å². The van der Waals surface area contributed by atoms with Gasteiger partial charge in [-0.25, -0.2) is 9.78 Å². The molecule has 0 aliphatic heterocycles. The lowest BCUT2D eigenvalue weighted by atomic mass is 10.2. The Kier molecular flexibility index (Phi) is 1.33. The smallest absolute Gasteiger partial charge is 0.335 e. The van der Waals surface area contributed by atoms with Crippen molar-refractivity contribution in [3.63, 3.8) is 0 Å². The Morgan fingerprint density at radius 2 is 2.42 bits per heavy atom. The number of nitrogens with zero attached hydrogens (tertiary/aromatic N) is 1. The fraction of sp³-hybridized carbons (Fsp3) is 0. The summed E-state index contributed by atoms with van der Waals surface area (Å²) < 4.78 is 0. The van der Waals surface area contributed by atoms with Crippen molar-refractivity contribution < 1.29 is 9.90 Å². The van der Waals surface area contributed by atoms with Gasteiger partial charge in [0.1, 0.15) is 0 Å². The van der Waals surface area contributed by atoms with E-state index in [0.29, 0.717) is 5.52 Å². The van der Waals surface area contributed by atoms with E-state index in [4.69, 9.17) is 5.11 Å². The lowest BCUT2D eigenvalue weighted by Gasteiger charge is -1.92. The molecule has 0 atom stereocenters. The SMILES string of the molecule is O=C(O)c1ccc2[nH][c]nc2c1. The number of imidazole rings is 1. The summed E-state index contributed by atoms with van der Waals surface area (Å²) in [5, 5.41) is 8.63. The van der Waals surface area contributed by atoms with Crippen LogP contribution < -0.4 is 0 Å². The molecule has 1 aromatic heterocycles. The van der Waals surface area contributed by atoms with Crippen molar-refractivity contribution in [3.8, 4) is 0 Å². The van der Waals surface area contributed by atoms with E-state index in [1.54, 1.807) is 6.07 Å². The minimum absolute atomic E-state index is 0.239. The largest absolute Gasteiger partial charge is 0.478 e. The van der Waals surface area contributed by atoms with Crippen LogP contribution in [0.2, 0.25) is 0 Å². The van der Waals surface area contributed by atoms with Gasteiger partial charge in [-0.1, -0.05) is 0 Å². The lowest BCUT2D eigenvalue weighted by molar-refractivity contribution is 0.0697. The van der Waals surface area contributed by atoms with Crippen LogP contribution in [0.15, 0.2) is 18.2 Å². The van der Waals surface area contributed by atoms with E-state index in [2.05, 4.69) is 16.3 Å². The summed E-state index contributed by atoms with van der Waals surface area (Å²) in [5.41, 5.74) is 1.65. The van der Waals surface area contributed by atoms with Crippen LogP contribution in [-0.2, 0) is 0 Å². The predicted octanol–water partition coefficient (Wildman–Crippen LogP) is 1.06. The van der Waals surface area contributed by atoms with E-state index in [-0.39, 0.29) is 5.56 Å². The number of benzene rings is 1. The van der Waals surface area contributed by atoms with Gasteiger partial charge in [0.15, 0.2) is 6.33 Å². The van der Waals surface area contributed by atoms with Crippen molar-refractivity contribution in [2.24, 2.45) is 0 Å². The molecule has 0 spiro atoms. The highest BCUT2D eigenvalue weighted by Crippen LogP contribution is 2.10. The monoisotopic (exact) mass is 161 g/mol. The van der Waals surface area contributed by atoms with Crippen molar-refractivity contribution in [2.45, 2.75) is 0 Å². The van der Waals surface area contributed by atoms with Gasteiger partial charge in [0.05, 0.1) is 16.6 Å². The topological polar surface area (TPSA) is 66.0 Å².